The molecule has 0 bridgehead atoms. The quantitative estimate of drug-likeness (QED) is 0.905. The summed E-state index contributed by atoms with van der Waals surface area (Å²) in [5.74, 6) is 0.858. The summed E-state index contributed by atoms with van der Waals surface area (Å²) in [6.45, 7) is 2.17. The normalized spacial score (nSPS) is 28.7. The van der Waals surface area contributed by atoms with Crippen molar-refractivity contribution in [3.63, 3.8) is 0 Å². The molecule has 0 spiro atoms. The summed E-state index contributed by atoms with van der Waals surface area (Å²) in [5.41, 5.74) is 0.607. The number of hydrogen-bond donors (Lipinski definition) is 1. The molecule has 2 atom stereocenters. The number of nitrogens with zero attached hydrogens (tertiary/aromatic N) is 1. The number of anilines is 1. The number of benzene rings is 1. The fourth-order valence-corrected chi connectivity index (χ4v) is 3.55. The molecule has 1 heterocycles. The van der Waals surface area contributed by atoms with E-state index in [1.807, 2.05) is 36.0 Å². The summed E-state index contributed by atoms with van der Waals surface area (Å²) in [6.07, 6.45) is 0.903. The predicted octanol–water partition coefficient (Wildman–Crippen LogP) is 3.65. The first-order valence-electron chi connectivity index (χ1n) is 5.20. The minimum atomic E-state index is -0.398. The number of nitriles is 1. The Labute approximate surface area is 109 Å². The van der Waals surface area contributed by atoms with Crippen LogP contribution in [0.5, 0.6) is 0 Å². The van der Waals surface area contributed by atoms with Crippen LogP contribution in [0.25, 0.3) is 0 Å². The SMILES string of the molecule is CC1CC(C#N)(Nc2cccc(Br)c2)CS1. The molecule has 4 heteroatoms. The average molecular weight is 297 g/mol. The van der Waals surface area contributed by atoms with Gasteiger partial charge in [-0.2, -0.15) is 17.0 Å². The van der Waals surface area contributed by atoms with Crippen LogP contribution in [0.15, 0.2) is 28.7 Å². The summed E-state index contributed by atoms with van der Waals surface area (Å²) < 4.78 is 1.03. The highest BCUT2D eigenvalue weighted by Crippen LogP contribution is 2.36. The van der Waals surface area contributed by atoms with Gasteiger partial charge in [0.1, 0.15) is 5.54 Å². The molecule has 1 aliphatic rings. The second-order valence-corrected chi connectivity index (χ2v) is 6.50. The molecular formula is C12H13BrN2S. The van der Waals surface area contributed by atoms with Crippen molar-refractivity contribution in [2.24, 2.45) is 0 Å². The minimum absolute atomic E-state index is 0.398. The van der Waals surface area contributed by atoms with E-state index in [4.69, 9.17) is 0 Å². The van der Waals surface area contributed by atoms with Gasteiger partial charge < -0.3 is 5.32 Å². The lowest BCUT2D eigenvalue weighted by Crippen LogP contribution is -2.36. The molecule has 2 nitrogen and oxygen atoms in total. The number of rotatable bonds is 2. The lowest BCUT2D eigenvalue weighted by Gasteiger charge is -2.23. The van der Waals surface area contributed by atoms with Gasteiger partial charge in [-0.1, -0.05) is 28.9 Å². The van der Waals surface area contributed by atoms with Crippen LogP contribution in [0, 0.1) is 11.3 Å². The van der Waals surface area contributed by atoms with Crippen molar-refractivity contribution in [1.29, 1.82) is 5.26 Å². The maximum atomic E-state index is 9.33. The molecular weight excluding hydrogens is 284 g/mol. The van der Waals surface area contributed by atoms with Crippen molar-refractivity contribution in [1.82, 2.24) is 0 Å². The number of thioether (sulfide) groups is 1. The van der Waals surface area contributed by atoms with Crippen LogP contribution in [-0.4, -0.2) is 16.5 Å². The Morgan fingerprint density at radius 3 is 3.00 bits per heavy atom. The van der Waals surface area contributed by atoms with Crippen LogP contribution in [0.3, 0.4) is 0 Å². The van der Waals surface area contributed by atoms with Crippen LogP contribution in [0.4, 0.5) is 5.69 Å². The Morgan fingerprint density at radius 2 is 2.44 bits per heavy atom. The van der Waals surface area contributed by atoms with E-state index in [0.29, 0.717) is 5.25 Å². The highest BCUT2D eigenvalue weighted by molar-refractivity contribution is 9.10. The first-order chi connectivity index (χ1) is 7.63. The lowest BCUT2D eigenvalue weighted by atomic mass is 9.98. The van der Waals surface area contributed by atoms with E-state index < -0.39 is 5.54 Å². The second-order valence-electron chi connectivity index (χ2n) is 4.16. The molecule has 0 aliphatic carbocycles. The van der Waals surface area contributed by atoms with Gasteiger partial charge in [-0.15, -0.1) is 0 Å². The summed E-state index contributed by atoms with van der Waals surface area (Å²) in [5, 5.41) is 13.2. The van der Waals surface area contributed by atoms with Gasteiger partial charge >= 0.3 is 0 Å². The maximum absolute atomic E-state index is 9.33. The predicted molar refractivity (Wildman–Crippen MR) is 72.6 cm³/mol. The van der Waals surface area contributed by atoms with E-state index >= 15 is 0 Å². The molecule has 16 heavy (non-hydrogen) atoms. The van der Waals surface area contributed by atoms with E-state index in [1.165, 1.54) is 0 Å². The van der Waals surface area contributed by atoms with Crippen molar-refractivity contribution in [3.05, 3.63) is 28.7 Å². The van der Waals surface area contributed by atoms with E-state index in [9.17, 15) is 5.26 Å². The summed E-state index contributed by atoms with van der Waals surface area (Å²) >= 11 is 5.29. The van der Waals surface area contributed by atoms with Gasteiger partial charge in [0.2, 0.25) is 0 Å². The largest absolute Gasteiger partial charge is 0.367 e. The van der Waals surface area contributed by atoms with E-state index in [2.05, 4.69) is 34.2 Å². The number of halogens is 1. The van der Waals surface area contributed by atoms with E-state index in [1.54, 1.807) is 0 Å². The van der Waals surface area contributed by atoms with Gasteiger partial charge in [-0.25, -0.2) is 0 Å². The molecule has 1 N–H and O–H groups in total. The van der Waals surface area contributed by atoms with Crippen molar-refractivity contribution in [3.8, 4) is 6.07 Å². The molecule has 1 saturated heterocycles. The fourth-order valence-electron chi connectivity index (χ4n) is 1.93. The smallest absolute Gasteiger partial charge is 0.135 e. The van der Waals surface area contributed by atoms with Crippen molar-refractivity contribution >= 4 is 33.4 Å². The Balaban J connectivity index is 2.17. The Kier molecular flexibility index (Phi) is 3.46. The van der Waals surface area contributed by atoms with Gasteiger partial charge in [0, 0.05) is 21.2 Å². The van der Waals surface area contributed by atoms with Gasteiger partial charge in [-0.05, 0) is 24.6 Å². The molecule has 0 amide bonds. The van der Waals surface area contributed by atoms with E-state index in [0.717, 1.165) is 22.3 Å². The molecule has 1 aromatic carbocycles. The van der Waals surface area contributed by atoms with Gasteiger partial charge in [0.25, 0.3) is 0 Å². The molecule has 1 aliphatic heterocycles. The molecule has 84 valence electrons. The van der Waals surface area contributed by atoms with Gasteiger partial charge in [-0.3, -0.25) is 0 Å². The molecule has 0 saturated carbocycles. The van der Waals surface area contributed by atoms with Gasteiger partial charge in [0.15, 0.2) is 0 Å². The zero-order valence-corrected chi connectivity index (χ0v) is 11.4. The summed E-state index contributed by atoms with van der Waals surface area (Å²) in [4.78, 5) is 0. The Hall–Kier alpha value is -0.660. The molecule has 0 radical (unpaired) electrons. The van der Waals surface area contributed by atoms with Crippen LogP contribution in [0.2, 0.25) is 0 Å². The van der Waals surface area contributed by atoms with Gasteiger partial charge in [0.05, 0.1) is 6.07 Å². The Morgan fingerprint density at radius 1 is 1.62 bits per heavy atom. The van der Waals surface area contributed by atoms with Crippen molar-refractivity contribution in [2.75, 3.05) is 11.1 Å². The number of hydrogen-bond acceptors (Lipinski definition) is 3. The topological polar surface area (TPSA) is 35.8 Å². The standard InChI is InChI=1S/C12H13BrN2S/c1-9-6-12(7-14,8-16-9)15-11-4-2-3-10(13)5-11/h2-5,9,15H,6,8H2,1H3. The van der Waals surface area contributed by atoms with Crippen molar-refractivity contribution in [2.45, 2.75) is 24.1 Å². The summed E-state index contributed by atoms with van der Waals surface area (Å²) in [7, 11) is 0. The highest BCUT2D eigenvalue weighted by atomic mass is 79.9. The number of nitrogens with one attached hydrogen (secondary N) is 1. The average Bonchev–Trinajstić information content (AvgIpc) is 2.61. The third-order valence-corrected chi connectivity index (χ3v) is 4.56. The zero-order chi connectivity index (χ0) is 11.6. The lowest BCUT2D eigenvalue weighted by molar-refractivity contribution is 0.626. The van der Waals surface area contributed by atoms with Crippen LogP contribution >= 0.6 is 27.7 Å². The van der Waals surface area contributed by atoms with E-state index in [-0.39, 0.29) is 0 Å². The molecule has 0 aromatic heterocycles. The summed E-state index contributed by atoms with van der Waals surface area (Å²) in [6, 6.07) is 10.4. The minimum Gasteiger partial charge on any atom is -0.367 e. The molecule has 1 aromatic rings. The molecule has 2 rings (SSSR count). The first-order valence-corrected chi connectivity index (χ1v) is 7.04. The maximum Gasteiger partial charge on any atom is 0.135 e. The Bertz CT molecular complexity index is 429. The third-order valence-electron chi connectivity index (χ3n) is 2.67. The molecule has 1 fully saturated rings. The first kappa shape index (κ1) is 11.8. The van der Waals surface area contributed by atoms with Crippen LogP contribution in [0.1, 0.15) is 13.3 Å². The highest BCUT2D eigenvalue weighted by Gasteiger charge is 2.38. The van der Waals surface area contributed by atoms with Crippen molar-refractivity contribution < 1.29 is 0 Å². The van der Waals surface area contributed by atoms with Crippen LogP contribution < -0.4 is 5.32 Å². The second kappa shape index (κ2) is 4.68. The monoisotopic (exact) mass is 296 g/mol. The fraction of sp³-hybridized carbons (Fsp3) is 0.417. The molecule has 2 unspecified atom stereocenters. The zero-order valence-electron chi connectivity index (χ0n) is 9.03. The van der Waals surface area contributed by atoms with Crippen LogP contribution in [-0.2, 0) is 0 Å². The third kappa shape index (κ3) is 2.53.